The summed E-state index contributed by atoms with van der Waals surface area (Å²) in [4.78, 5) is 10.3. The SMILES string of the molecule is O=C(O)/C=C/c1ccc(-c2ccc(S(=O)(=O)O)cc2)cc1. The molecule has 0 aliphatic rings. The van der Waals surface area contributed by atoms with E-state index in [2.05, 4.69) is 0 Å². The molecule has 6 heteroatoms. The molecule has 0 amide bonds. The van der Waals surface area contributed by atoms with Gasteiger partial charge in [-0.3, -0.25) is 4.55 Å². The molecule has 0 radical (unpaired) electrons. The predicted octanol–water partition coefficient (Wildman–Crippen LogP) is 2.70. The summed E-state index contributed by atoms with van der Waals surface area (Å²) >= 11 is 0. The van der Waals surface area contributed by atoms with E-state index in [4.69, 9.17) is 9.66 Å². The molecule has 2 aromatic carbocycles. The molecule has 2 rings (SSSR count). The van der Waals surface area contributed by atoms with Crippen LogP contribution in [-0.2, 0) is 14.9 Å². The maximum absolute atomic E-state index is 11.0. The standard InChI is InChI=1S/C15H12O5S/c16-15(17)10-3-11-1-4-12(5-2-11)13-6-8-14(9-7-13)21(18,19)20/h1-10H,(H,16,17)(H,18,19,20)/b10-3+. The van der Waals surface area contributed by atoms with Crippen molar-refractivity contribution in [3.63, 3.8) is 0 Å². The summed E-state index contributed by atoms with van der Waals surface area (Å²) in [5.41, 5.74) is 2.39. The van der Waals surface area contributed by atoms with E-state index < -0.39 is 16.1 Å². The highest BCUT2D eigenvalue weighted by Gasteiger charge is 2.08. The van der Waals surface area contributed by atoms with E-state index in [0.29, 0.717) is 0 Å². The number of hydrogen-bond acceptors (Lipinski definition) is 3. The first kappa shape index (κ1) is 15.0. The number of carboxylic acid groups (broad SMARTS) is 1. The number of hydrogen-bond donors (Lipinski definition) is 2. The predicted molar refractivity (Wildman–Crippen MR) is 78.4 cm³/mol. The Morgan fingerprint density at radius 3 is 1.81 bits per heavy atom. The normalized spacial score (nSPS) is 11.7. The van der Waals surface area contributed by atoms with Gasteiger partial charge in [-0.1, -0.05) is 36.4 Å². The van der Waals surface area contributed by atoms with Gasteiger partial charge in [-0.05, 0) is 34.9 Å². The van der Waals surface area contributed by atoms with Crippen molar-refractivity contribution in [2.45, 2.75) is 4.90 Å². The summed E-state index contributed by atoms with van der Waals surface area (Å²) in [7, 11) is -4.19. The van der Waals surface area contributed by atoms with Crippen LogP contribution in [0.15, 0.2) is 59.5 Å². The maximum atomic E-state index is 11.0. The first-order valence-electron chi connectivity index (χ1n) is 5.95. The molecule has 2 aromatic rings. The van der Waals surface area contributed by atoms with Gasteiger partial charge in [0.05, 0.1) is 4.90 Å². The van der Waals surface area contributed by atoms with Crippen LogP contribution in [0, 0.1) is 0 Å². The first-order chi connectivity index (χ1) is 9.86. The fourth-order valence-corrected chi connectivity index (χ4v) is 2.25. The molecule has 2 N–H and O–H groups in total. The summed E-state index contributed by atoms with van der Waals surface area (Å²) in [5, 5.41) is 8.54. The largest absolute Gasteiger partial charge is 0.478 e. The lowest BCUT2D eigenvalue weighted by Gasteiger charge is -2.03. The second-order valence-electron chi connectivity index (χ2n) is 4.29. The van der Waals surface area contributed by atoms with Crippen molar-refractivity contribution in [2.75, 3.05) is 0 Å². The zero-order chi connectivity index (χ0) is 15.5. The molecule has 0 fully saturated rings. The van der Waals surface area contributed by atoms with Gasteiger partial charge in [0.25, 0.3) is 10.1 Å². The Balaban J connectivity index is 2.25. The zero-order valence-electron chi connectivity index (χ0n) is 10.8. The zero-order valence-corrected chi connectivity index (χ0v) is 11.6. The molecule has 0 aliphatic carbocycles. The molecule has 0 spiro atoms. The van der Waals surface area contributed by atoms with Gasteiger partial charge in [-0.15, -0.1) is 0 Å². The van der Waals surface area contributed by atoms with Crippen molar-refractivity contribution >= 4 is 22.2 Å². The fourth-order valence-electron chi connectivity index (χ4n) is 1.77. The van der Waals surface area contributed by atoms with Gasteiger partial charge < -0.3 is 5.11 Å². The molecule has 21 heavy (non-hydrogen) atoms. The van der Waals surface area contributed by atoms with Crippen LogP contribution in [0.5, 0.6) is 0 Å². The number of carboxylic acids is 1. The molecular formula is C15H12O5S. The third-order valence-corrected chi connectivity index (χ3v) is 3.68. The van der Waals surface area contributed by atoms with E-state index in [0.717, 1.165) is 22.8 Å². The van der Waals surface area contributed by atoms with Gasteiger partial charge in [-0.25, -0.2) is 4.79 Å². The molecule has 0 atom stereocenters. The van der Waals surface area contributed by atoms with Gasteiger partial charge in [0.1, 0.15) is 0 Å². The first-order valence-corrected chi connectivity index (χ1v) is 7.39. The third kappa shape index (κ3) is 4.01. The van der Waals surface area contributed by atoms with Crippen molar-refractivity contribution in [1.82, 2.24) is 0 Å². The Morgan fingerprint density at radius 1 is 0.905 bits per heavy atom. The minimum absolute atomic E-state index is 0.160. The highest BCUT2D eigenvalue weighted by molar-refractivity contribution is 7.85. The van der Waals surface area contributed by atoms with E-state index in [1.54, 1.807) is 36.4 Å². The summed E-state index contributed by atoms with van der Waals surface area (Å²) in [6.45, 7) is 0. The van der Waals surface area contributed by atoms with E-state index in [-0.39, 0.29) is 4.90 Å². The lowest BCUT2D eigenvalue weighted by atomic mass is 10.0. The smallest absolute Gasteiger partial charge is 0.328 e. The van der Waals surface area contributed by atoms with Crippen LogP contribution in [0.3, 0.4) is 0 Å². The van der Waals surface area contributed by atoms with Gasteiger partial charge in [0.2, 0.25) is 0 Å². The van der Waals surface area contributed by atoms with Gasteiger partial charge in [0.15, 0.2) is 0 Å². The fraction of sp³-hybridized carbons (Fsp3) is 0. The van der Waals surface area contributed by atoms with Crippen molar-refractivity contribution in [3.05, 3.63) is 60.2 Å². The number of aliphatic carboxylic acids is 1. The topological polar surface area (TPSA) is 91.7 Å². The number of benzene rings is 2. The average Bonchev–Trinajstić information content (AvgIpc) is 2.45. The summed E-state index contributed by atoms with van der Waals surface area (Å²) in [5.74, 6) is -1.01. The molecule has 0 saturated heterocycles. The summed E-state index contributed by atoms with van der Waals surface area (Å²) in [6.07, 6.45) is 2.53. The van der Waals surface area contributed by atoms with Crippen LogP contribution in [0.4, 0.5) is 0 Å². The van der Waals surface area contributed by atoms with Crippen LogP contribution >= 0.6 is 0 Å². The Morgan fingerprint density at radius 2 is 1.38 bits per heavy atom. The van der Waals surface area contributed by atoms with Crippen molar-refractivity contribution in [2.24, 2.45) is 0 Å². The highest BCUT2D eigenvalue weighted by Crippen LogP contribution is 2.22. The van der Waals surface area contributed by atoms with Gasteiger partial charge in [0, 0.05) is 6.08 Å². The second kappa shape index (κ2) is 5.90. The van der Waals surface area contributed by atoms with Crippen LogP contribution in [0.25, 0.3) is 17.2 Å². The van der Waals surface area contributed by atoms with E-state index in [1.807, 2.05) is 0 Å². The highest BCUT2D eigenvalue weighted by atomic mass is 32.2. The second-order valence-corrected chi connectivity index (χ2v) is 5.71. The van der Waals surface area contributed by atoms with Crippen LogP contribution in [0.1, 0.15) is 5.56 Å². The minimum atomic E-state index is -4.19. The minimum Gasteiger partial charge on any atom is -0.478 e. The molecule has 0 aliphatic heterocycles. The molecular weight excluding hydrogens is 292 g/mol. The number of rotatable bonds is 4. The molecule has 108 valence electrons. The third-order valence-electron chi connectivity index (χ3n) is 2.81. The monoisotopic (exact) mass is 304 g/mol. The average molecular weight is 304 g/mol. The Kier molecular flexibility index (Phi) is 4.21. The lowest BCUT2D eigenvalue weighted by molar-refractivity contribution is -0.131. The van der Waals surface area contributed by atoms with E-state index >= 15 is 0 Å². The van der Waals surface area contributed by atoms with Gasteiger partial charge >= 0.3 is 5.97 Å². The Labute approximate surface area is 121 Å². The van der Waals surface area contributed by atoms with E-state index in [1.165, 1.54) is 18.2 Å². The maximum Gasteiger partial charge on any atom is 0.328 e. The van der Waals surface area contributed by atoms with Crippen molar-refractivity contribution < 1.29 is 22.9 Å². The van der Waals surface area contributed by atoms with Crippen LogP contribution in [-0.4, -0.2) is 24.0 Å². The van der Waals surface area contributed by atoms with E-state index in [9.17, 15) is 13.2 Å². The Bertz CT molecular complexity index is 772. The van der Waals surface area contributed by atoms with Crippen molar-refractivity contribution in [1.29, 1.82) is 0 Å². The quantitative estimate of drug-likeness (QED) is 0.669. The number of carbonyl (C=O) groups is 1. The molecule has 0 unspecified atom stereocenters. The van der Waals surface area contributed by atoms with Crippen molar-refractivity contribution in [3.8, 4) is 11.1 Å². The van der Waals surface area contributed by atoms with Crippen LogP contribution in [0.2, 0.25) is 0 Å². The summed E-state index contributed by atoms with van der Waals surface area (Å²) < 4.78 is 30.8. The molecule has 0 saturated carbocycles. The molecule has 0 aromatic heterocycles. The molecule has 0 bridgehead atoms. The molecule has 0 heterocycles. The summed E-state index contributed by atoms with van der Waals surface area (Å²) in [6, 6.07) is 12.9. The lowest BCUT2D eigenvalue weighted by Crippen LogP contribution is -1.97. The van der Waals surface area contributed by atoms with Gasteiger partial charge in [-0.2, -0.15) is 8.42 Å². The molecule has 5 nitrogen and oxygen atoms in total. The van der Waals surface area contributed by atoms with Crippen LogP contribution < -0.4 is 0 Å². The Hall–Kier alpha value is -2.44.